The summed E-state index contributed by atoms with van der Waals surface area (Å²) in [5.41, 5.74) is 1.06. The van der Waals surface area contributed by atoms with Crippen molar-refractivity contribution < 1.29 is 23.5 Å². The molecular formula is C18H20N2O5. The first-order valence-electron chi connectivity index (χ1n) is 8.13. The van der Waals surface area contributed by atoms with Gasteiger partial charge < -0.3 is 13.9 Å². The van der Waals surface area contributed by atoms with Crippen LogP contribution in [-0.2, 0) is 16.1 Å². The van der Waals surface area contributed by atoms with E-state index in [2.05, 4.69) is 9.72 Å². The molecule has 1 aliphatic heterocycles. The molecule has 0 radical (unpaired) electrons. The molecule has 7 nitrogen and oxygen atoms in total. The van der Waals surface area contributed by atoms with Gasteiger partial charge in [0.05, 0.1) is 7.11 Å². The fourth-order valence-corrected chi connectivity index (χ4v) is 2.89. The Labute approximate surface area is 145 Å². The summed E-state index contributed by atoms with van der Waals surface area (Å²) >= 11 is 0. The first-order chi connectivity index (χ1) is 12.1. The molecule has 2 aromatic rings. The van der Waals surface area contributed by atoms with Gasteiger partial charge in [-0.05, 0) is 25.3 Å². The smallest absolute Gasteiger partial charge is 0.410 e. The van der Waals surface area contributed by atoms with Crippen molar-refractivity contribution in [2.75, 3.05) is 13.7 Å². The lowest BCUT2D eigenvalue weighted by Crippen LogP contribution is -2.31. The van der Waals surface area contributed by atoms with Gasteiger partial charge in [-0.15, -0.1) is 0 Å². The van der Waals surface area contributed by atoms with Crippen LogP contribution in [0.1, 0.15) is 46.6 Å². The molecule has 0 bridgehead atoms. The zero-order valence-electron chi connectivity index (χ0n) is 14.2. The number of methoxy groups -OCH3 is 1. The van der Waals surface area contributed by atoms with Crippen LogP contribution >= 0.6 is 0 Å². The number of nitrogens with zero attached hydrogens (tertiary/aromatic N) is 2. The number of carbonyl (C=O) groups excluding carboxylic acids is 2. The van der Waals surface area contributed by atoms with Gasteiger partial charge in [0.1, 0.15) is 18.4 Å². The molecule has 132 valence electrons. The minimum atomic E-state index is -0.552. The van der Waals surface area contributed by atoms with Crippen LogP contribution in [-0.4, -0.2) is 35.6 Å². The maximum absolute atomic E-state index is 12.4. The summed E-state index contributed by atoms with van der Waals surface area (Å²) in [6.07, 6.45) is 1.11. The minimum absolute atomic E-state index is 0.141. The highest BCUT2D eigenvalue weighted by Gasteiger charge is 2.35. The lowest BCUT2D eigenvalue weighted by molar-refractivity contribution is 0.0592. The number of hydrogen-bond donors (Lipinski definition) is 0. The zero-order chi connectivity index (χ0) is 17.8. The third-order valence-electron chi connectivity index (χ3n) is 4.17. The molecule has 7 heteroatoms. The molecule has 1 aromatic carbocycles. The van der Waals surface area contributed by atoms with E-state index in [0.717, 1.165) is 12.0 Å². The zero-order valence-corrected chi connectivity index (χ0v) is 14.2. The van der Waals surface area contributed by atoms with Crippen LogP contribution < -0.4 is 0 Å². The number of amides is 1. The summed E-state index contributed by atoms with van der Waals surface area (Å²) in [4.78, 5) is 29.9. The van der Waals surface area contributed by atoms with Crippen LogP contribution in [0.5, 0.6) is 0 Å². The predicted octanol–water partition coefficient (Wildman–Crippen LogP) is 3.24. The highest BCUT2D eigenvalue weighted by atomic mass is 16.6. The molecule has 0 spiro atoms. The fourth-order valence-electron chi connectivity index (χ4n) is 2.89. The van der Waals surface area contributed by atoms with E-state index >= 15 is 0 Å². The van der Waals surface area contributed by atoms with Crippen molar-refractivity contribution in [3.63, 3.8) is 0 Å². The van der Waals surface area contributed by atoms with Crippen LogP contribution in [0.15, 0.2) is 34.7 Å². The Balaban J connectivity index is 1.70. The van der Waals surface area contributed by atoms with Crippen LogP contribution in [0.25, 0.3) is 0 Å². The average molecular weight is 344 g/mol. The predicted molar refractivity (Wildman–Crippen MR) is 87.9 cm³/mol. The molecule has 1 fully saturated rings. The van der Waals surface area contributed by atoms with Crippen molar-refractivity contribution in [2.45, 2.75) is 32.4 Å². The van der Waals surface area contributed by atoms with Gasteiger partial charge in [-0.25, -0.2) is 14.6 Å². The molecule has 1 saturated heterocycles. The van der Waals surface area contributed by atoms with Gasteiger partial charge in [0.2, 0.25) is 5.89 Å². The lowest BCUT2D eigenvalue weighted by atomic mass is 10.2. The van der Waals surface area contributed by atoms with Crippen LogP contribution in [0.2, 0.25) is 0 Å². The Morgan fingerprint density at radius 1 is 1.32 bits per heavy atom. The number of rotatable bonds is 4. The molecule has 3 rings (SSSR count). The van der Waals surface area contributed by atoms with Crippen molar-refractivity contribution in [2.24, 2.45) is 0 Å². The quantitative estimate of drug-likeness (QED) is 0.792. The average Bonchev–Trinajstić information content (AvgIpc) is 3.26. The molecular weight excluding hydrogens is 324 g/mol. The number of carbonyl (C=O) groups is 2. The molecule has 1 aromatic heterocycles. The largest absolute Gasteiger partial charge is 0.464 e. The number of benzene rings is 1. The monoisotopic (exact) mass is 344 g/mol. The molecule has 1 unspecified atom stereocenters. The fraction of sp³-hybridized carbons (Fsp3) is 0.389. The summed E-state index contributed by atoms with van der Waals surface area (Å²) in [6, 6.07) is 9.16. The standard InChI is InChI=1S/C18H20N2O5/c1-12-15(17(21)23-2)19-16(25-12)14-9-6-10-20(14)18(22)24-11-13-7-4-3-5-8-13/h3-5,7-8,14H,6,9-11H2,1-2H3. The van der Waals surface area contributed by atoms with Gasteiger partial charge in [-0.2, -0.15) is 0 Å². The van der Waals surface area contributed by atoms with Gasteiger partial charge >= 0.3 is 12.1 Å². The Morgan fingerprint density at radius 2 is 2.08 bits per heavy atom. The van der Waals surface area contributed by atoms with Crippen LogP contribution in [0.3, 0.4) is 0 Å². The van der Waals surface area contributed by atoms with E-state index in [1.165, 1.54) is 7.11 Å². The molecule has 0 aliphatic carbocycles. The molecule has 0 N–H and O–H groups in total. The number of esters is 1. The van der Waals surface area contributed by atoms with Crippen molar-refractivity contribution in [1.82, 2.24) is 9.88 Å². The lowest BCUT2D eigenvalue weighted by Gasteiger charge is -2.21. The van der Waals surface area contributed by atoms with Crippen LogP contribution in [0.4, 0.5) is 4.79 Å². The topological polar surface area (TPSA) is 81.9 Å². The minimum Gasteiger partial charge on any atom is -0.464 e. The number of aromatic nitrogens is 1. The van der Waals surface area contributed by atoms with Gasteiger partial charge in [-0.3, -0.25) is 4.90 Å². The number of aryl methyl sites for hydroxylation is 1. The third kappa shape index (κ3) is 3.65. The van der Waals surface area contributed by atoms with E-state index in [1.807, 2.05) is 30.3 Å². The van der Waals surface area contributed by atoms with Crippen molar-refractivity contribution in [3.8, 4) is 0 Å². The number of oxazole rings is 1. The van der Waals surface area contributed by atoms with Crippen molar-refractivity contribution in [3.05, 3.63) is 53.2 Å². The van der Waals surface area contributed by atoms with Crippen LogP contribution in [0, 0.1) is 6.92 Å². The van der Waals surface area contributed by atoms with E-state index in [1.54, 1.807) is 11.8 Å². The van der Waals surface area contributed by atoms with Gasteiger partial charge in [0.25, 0.3) is 0 Å². The van der Waals surface area contributed by atoms with Gasteiger partial charge in [0.15, 0.2) is 5.69 Å². The Morgan fingerprint density at radius 3 is 2.80 bits per heavy atom. The molecule has 2 heterocycles. The van der Waals surface area contributed by atoms with E-state index in [9.17, 15) is 9.59 Å². The second-order valence-electron chi connectivity index (χ2n) is 5.84. The van der Waals surface area contributed by atoms with Gasteiger partial charge in [-0.1, -0.05) is 30.3 Å². The summed E-state index contributed by atoms with van der Waals surface area (Å²) in [6.45, 7) is 2.42. The summed E-state index contributed by atoms with van der Waals surface area (Å²) in [5, 5.41) is 0. The molecule has 1 amide bonds. The maximum atomic E-state index is 12.4. The second-order valence-corrected chi connectivity index (χ2v) is 5.84. The molecule has 1 aliphatic rings. The normalized spacial score (nSPS) is 16.7. The maximum Gasteiger partial charge on any atom is 0.410 e. The Bertz CT molecular complexity index is 756. The van der Waals surface area contributed by atoms with E-state index in [-0.39, 0.29) is 18.3 Å². The summed E-state index contributed by atoms with van der Waals surface area (Å²) < 4.78 is 15.7. The first kappa shape index (κ1) is 17.0. The summed E-state index contributed by atoms with van der Waals surface area (Å²) in [5.74, 6) is 0.169. The number of hydrogen-bond acceptors (Lipinski definition) is 6. The summed E-state index contributed by atoms with van der Waals surface area (Å²) in [7, 11) is 1.29. The van der Waals surface area contributed by atoms with E-state index < -0.39 is 12.1 Å². The number of likely N-dealkylation sites (tertiary alicyclic amines) is 1. The number of ether oxygens (including phenoxy) is 2. The molecule has 1 atom stereocenters. The van der Waals surface area contributed by atoms with Gasteiger partial charge in [0, 0.05) is 6.54 Å². The third-order valence-corrected chi connectivity index (χ3v) is 4.17. The SMILES string of the molecule is COC(=O)c1nc(C2CCCN2C(=O)OCc2ccccc2)oc1C. The Hall–Kier alpha value is -2.83. The van der Waals surface area contributed by atoms with Crippen molar-refractivity contribution >= 4 is 12.1 Å². The Kier molecular flexibility index (Phi) is 5.02. The highest BCUT2D eigenvalue weighted by Crippen LogP contribution is 2.33. The highest BCUT2D eigenvalue weighted by molar-refractivity contribution is 5.88. The molecule has 25 heavy (non-hydrogen) atoms. The first-order valence-corrected chi connectivity index (χ1v) is 8.13. The van der Waals surface area contributed by atoms with E-state index in [0.29, 0.717) is 24.6 Å². The second kappa shape index (κ2) is 7.38. The van der Waals surface area contributed by atoms with E-state index in [4.69, 9.17) is 9.15 Å². The van der Waals surface area contributed by atoms with Crippen molar-refractivity contribution in [1.29, 1.82) is 0 Å². The molecule has 0 saturated carbocycles.